The molecule has 0 radical (unpaired) electrons. The van der Waals surface area contributed by atoms with E-state index in [1.807, 2.05) is 0 Å². The van der Waals surface area contributed by atoms with Crippen LogP contribution >= 0.6 is 109 Å². The smallest absolute Gasteiger partial charge is 0.127 e. The molecule has 0 N–H and O–H groups in total. The molecule has 4 nitrogen and oxygen atoms in total. The van der Waals surface area contributed by atoms with E-state index in [-0.39, 0.29) is 0 Å². The summed E-state index contributed by atoms with van der Waals surface area (Å²) in [6.07, 6.45) is 16.9. The Morgan fingerprint density at radius 2 is 1.07 bits per heavy atom. The molecule has 7 aromatic rings. The van der Waals surface area contributed by atoms with Crippen LogP contribution in [0.4, 0.5) is 0 Å². The fourth-order valence-electron chi connectivity index (χ4n) is 6.09. The molecule has 296 valence electrons. The summed E-state index contributed by atoms with van der Waals surface area (Å²) in [6, 6.07) is 25.1. The standard InChI is InChI=1S/C29H34Br2O2S2.C16H8Br2N2S2/c1-20(2)6-5-7-21(3)16-17-33-27-19-22(8-10-24-12-14-28(30)34-24)26(32-4)18-23(27)9-11-25-13-15-29(31)35-25;17-13-5-3-11(21-13)9-1-2-10(12-4-6-14(18)22-12)16-15(9)19-7-8-20-16/h8-15,18-21H,5-7,16-17H2,1-4H3;1-8H/b10-8+,11-9+;. The summed E-state index contributed by atoms with van der Waals surface area (Å²) in [4.78, 5) is 13.9. The zero-order valence-corrected chi connectivity index (χ0v) is 41.5. The Labute approximate surface area is 385 Å². The van der Waals surface area contributed by atoms with E-state index in [1.54, 1.807) is 64.9 Å². The number of methoxy groups -OCH3 is 1. The molecule has 0 saturated heterocycles. The van der Waals surface area contributed by atoms with Gasteiger partial charge in [0.05, 0.1) is 39.9 Å². The van der Waals surface area contributed by atoms with Crippen molar-refractivity contribution in [1.82, 2.24) is 9.97 Å². The molecule has 12 heteroatoms. The first kappa shape index (κ1) is 44.1. The maximum atomic E-state index is 6.37. The first-order valence-corrected chi connectivity index (χ1v) is 25.0. The highest BCUT2D eigenvalue weighted by molar-refractivity contribution is 9.11. The fraction of sp³-hybridized carbons (Fsp3) is 0.244. The third-order valence-corrected chi connectivity index (χ3v) is 15.5. The van der Waals surface area contributed by atoms with Crippen molar-refractivity contribution in [3.63, 3.8) is 0 Å². The summed E-state index contributed by atoms with van der Waals surface area (Å²) in [7, 11) is 1.72. The minimum absolute atomic E-state index is 0.658. The highest BCUT2D eigenvalue weighted by atomic mass is 79.9. The van der Waals surface area contributed by atoms with Crippen molar-refractivity contribution in [3.8, 4) is 32.4 Å². The fourth-order valence-corrected chi connectivity index (χ4v) is 11.6. The quantitative estimate of drug-likeness (QED) is 0.103. The molecule has 0 amide bonds. The molecule has 5 aromatic heterocycles. The van der Waals surface area contributed by atoms with Gasteiger partial charge in [-0.25, -0.2) is 0 Å². The van der Waals surface area contributed by atoms with Gasteiger partial charge in [0.2, 0.25) is 0 Å². The number of hydrogen-bond acceptors (Lipinski definition) is 8. The maximum absolute atomic E-state index is 6.37. The first-order valence-electron chi connectivity index (χ1n) is 18.5. The predicted octanol–water partition coefficient (Wildman–Crippen LogP) is 17.5. The lowest BCUT2D eigenvalue weighted by atomic mass is 9.98. The third-order valence-electron chi connectivity index (χ3n) is 9.05. The number of benzene rings is 2. The van der Waals surface area contributed by atoms with Crippen LogP contribution in [0.3, 0.4) is 0 Å². The van der Waals surface area contributed by atoms with Gasteiger partial charge in [-0.15, -0.1) is 45.3 Å². The second-order valence-electron chi connectivity index (χ2n) is 13.8. The molecule has 7 rings (SSSR count). The Morgan fingerprint density at radius 1 is 0.579 bits per heavy atom. The van der Waals surface area contributed by atoms with E-state index in [9.17, 15) is 0 Å². The molecule has 1 unspecified atom stereocenters. The largest absolute Gasteiger partial charge is 0.496 e. The Bertz CT molecular complexity index is 2370. The second kappa shape index (κ2) is 21.7. The van der Waals surface area contributed by atoms with Crippen molar-refractivity contribution in [2.24, 2.45) is 11.8 Å². The van der Waals surface area contributed by atoms with Gasteiger partial charge in [-0.05, 0) is 167 Å². The Morgan fingerprint density at radius 3 is 1.53 bits per heavy atom. The summed E-state index contributed by atoms with van der Waals surface area (Å²) >= 11 is 21.0. The Hall–Kier alpha value is -2.42. The Kier molecular flexibility index (Phi) is 16.8. The molecule has 57 heavy (non-hydrogen) atoms. The normalized spacial score (nSPS) is 12.2. The van der Waals surface area contributed by atoms with Crippen LogP contribution in [0.25, 0.3) is 56.2 Å². The van der Waals surface area contributed by atoms with Gasteiger partial charge in [-0.1, -0.05) is 52.2 Å². The first-order chi connectivity index (χ1) is 27.6. The van der Waals surface area contributed by atoms with E-state index in [4.69, 9.17) is 9.47 Å². The highest BCUT2D eigenvalue weighted by Gasteiger charge is 2.15. The van der Waals surface area contributed by atoms with Crippen LogP contribution in [0.2, 0.25) is 0 Å². The summed E-state index contributed by atoms with van der Waals surface area (Å²) in [6.45, 7) is 7.64. The number of hydrogen-bond donors (Lipinski definition) is 0. The van der Waals surface area contributed by atoms with Gasteiger partial charge in [-0.3, -0.25) is 9.97 Å². The minimum Gasteiger partial charge on any atom is -0.496 e. The molecule has 0 aliphatic carbocycles. The van der Waals surface area contributed by atoms with Crippen LogP contribution in [-0.2, 0) is 0 Å². The molecule has 0 aliphatic heterocycles. The van der Waals surface area contributed by atoms with E-state index < -0.39 is 0 Å². The lowest BCUT2D eigenvalue weighted by Gasteiger charge is -2.16. The zero-order valence-electron chi connectivity index (χ0n) is 31.9. The Balaban J connectivity index is 0.000000212. The average molecular weight is 1090 g/mol. The maximum Gasteiger partial charge on any atom is 0.127 e. The molecule has 0 spiro atoms. The van der Waals surface area contributed by atoms with E-state index in [0.29, 0.717) is 12.5 Å². The number of rotatable bonds is 15. The SMILES string of the molecule is Brc1ccc(-c2ccc(-c3ccc(Br)s3)c3nccnc23)s1.COc1cc(/C=C/c2ccc(Br)s2)c(OCCC(C)CCCC(C)C)cc1/C=C/c1ccc(Br)s1. The number of aromatic nitrogens is 2. The molecule has 0 fully saturated rings. The molecule has 0 aliphatic rings. The third kappa shape index (κ3) is 12.8. The van der Waals surface area contributed by atoms with Crippen LogP contribution in [0.5, 0.6) is 11.5 Å². The topological polar surface area (TPSA) is 44.2 Å². The predicted molar refractivity (Wildman–Crippen MR) is 264 cm³/mol. The van der Waals surface area contributed by atoms with Crippen molar-refractivity contribution in [1.29, 1.82) is 0 Å². The van der Waals surface area contributed by atoms with Gasteiger partial charge in [0.1, 0.15) is 11.5 Å². The van der Waals surface area contributed by atoms with Crippen molar-refractivity contribution < 1.29 is 9.47 Å². The van der Waals surface area contributed by atoms with Crippen molar-refractivity contribution >= 4 is 144 Å². The van der Waals surface area contributed by atoms with Crippen LogP contribution in [0.1, 0.15) is 67.3 Å². The lowest BCUT2D eigenvalue weighted by Crippen LogP contribution is -2.06. The van der Waals surface area contributed by atoms with Crippen LogP contribution < -0.4 is 9.47 Å². The lowest BCUT2D eigenvalue weighted by molar-refractivity contribution is 0.275. The summed E-state index contributed by atoms with van der Waals surface area (Å²) < 4.78 is 16.6. The van der Waals surface area contributed by atoms with Crippen molar-refractivity contribution in [3.05, 3.63) is 121 Å². The summed E-state index contributed by atoms with van der Waals surface area (Å²) in [5, 5.41) is 0. The van der Waals surface area contributed by atoms with Gasteiger partial charge in [0.15, 0.2) is 0 Å². The van der Waals surface area contributed by atoms with Crippen LogP contribution in [0.15, 0.2) is 100 Å². The minimum atomic E-state index is 0.658. The number of ether oxygens (including phenoxy) is 2. The molecule has 1 atom stereocenters. The average Bonchev–Trinajstić information content (AvgIpc) is 4.02. The highest BCUT2D eigenvalue weighted by Crippen LogP contribution is 2.40. The number of thiophene rings is 4. The van der Waals surface area contributed by atoms with E-state index in [0.717, 1.165) is 72.3 Å². The molecule has 0 saturated carbocycles. The van der Waals surface area contributed by atoms with Gasteiger partial charge < -0.3 is 9.47 Å². The number of fused-ring (bicyclic) bond motifs is 1. The summed E-state index contributed by atoms with van der Waals surface area (Å²) in [5.74, 6) is 3.15. The van der Waals surface area contributed by atoms with E-state index >= 15 is 0 Å². The van der Waals surface area contributed by atoms with Gasteiger partial charge in [0, 0.05) is 54.2 Å². The van der Waals surface area contributed by atoms with Gasteiger partial charge in [-0.2, -0.15) is 0 Å². The molecular weight excluding hydrogens is 1050 g/mol. The second-order valence-corrected chi connectivity index (χ2v) is 23.7. The molecule has 2 aromatic carbocycles. The monoisotopic (exact) mass is 1090 g/mol. The summed E-state index contributed by atoms with van der Waals surface area (Å²) in [5.41, 5.74) is 6.16. The zero-order chi connectivity index (χ0) is 40.3. The molecule has 5 heterocycles. The molecular formula is C45H42Br4N2O2S4. The number of halogens is 4. The van der Waals surface area contributed by atoms with E-state index in [2.05, 4.69) is 192 Å². The number of nitrogens with zero attached hydrogens (tertiary/aromatic N) is 2. The van der Waals surface area contributed by atoms with Crippen LogP contribution in [0, 0.1) is 11.8 Å². The van der Waals surface area contributed by atoms with Gasteiger partial charge in [0.25, 0.3) is 0 Å². The molecule has 0 bridgehead atoms. The van der Waals surface area contributed by atoms with Crippen molar-refractivity contribution in [2.45, 2.75) is 46.5 Å². The van der Waals surface area contributed by atoms with E-state index in [1.165, 1.54) is 38.8 Å². The van der Waals surface area contributed by atoms with Crippen LogP contribution in [-0.4, -0.2) is 23.7 Å². The van der Waals surface area contributed by atoms with Crippen molar-refractivity contribution in [2.75, 3.05) is 13.7 Å². The van der Waals surface area contributed by atoms with Gasteiger partial charge >= 0.3 is 0 Å².